The minimum atomic E-state index is 0.671. The van der Waals surface area contributed by atoms with Gasteiger partial charge in [-0.1, -0.05) is 35.9 Å². The number of hydrogen-bond donors (Lipinski definition) is 2. The lowest BCUT2D eigenvalue weighted by Crippen LogP contribution is -2.69. The monoisotopic (exact) mass is 211 g/mol. The first kappa shape index (κ1) is 10.4. The van der Waals surface area contributed by atoms with Gasteiger partial charge in [0, 0.05) is 0 Å². The highest BCUT2D eigenvalue weighted by Crippen LogP contribution is 2.02. The second-order valence-corrected chi connectivity index (χ2v) is 3.77. The molecular weight excluding hydrogens is 196 g/mol. The Labute approximate surface area is 95.5 Å². The molecule has 0 fully saturated rings. The molecule has 2 aromatic rings. The van der Waals surface area contributed by atoms with E-state index in [1.165, 1.54) is 5.56 Å². The van der Waals surface area contributed by atoms with Crippen molar-refractivity contribution in [2.75, 3.05) is 0 Å². The zero-order valence-electron chi connectivity index (χ0n) is 9.27. The quantitative estimate of drug-likeness (QED) is 0.567. The van der Waals surface area contributed by atoms with E-state index in [1.807, 2.05) is 42.5 Å². The summed E-state index contributed by atoms with van der Waals surface area (Å²) in [4.78, 5) is 3.18. The van der Waals surface area contributed by atoms with Crippen LogP contribution in [0.2, 0.25) is 0 Å². The van der Waals surface area contributed by atoms with E-state index < -0.39 is 0 Å². The van der Waals surface area contributed by atoms with Crippen LogP contribution in [0, 0.1) is 6.92 Å². The van der Waals surface area contributed by atoms with Gasteiger partial charge in [-0.05, 0) is 31.2 Å². The Morgan fingerprint density at radius 3 is 2.19 bits per heavy atom. The van der Waals surface area contributed by atoms with Crippen molar-refractivity contribution in [2.24, 2.45) is 5.73 Å². The third kappa shape index (κ3) is 2.48. The van der Waals surface area contributed by atoms with Crippen LogP contribution in [0.25, 0.3) is 0 Å². The van der Waals surface area contributed by atoms with E-state index in [4.69, 9.17) is 5.73 Å². The van der Waals surface area contributed by atoms with Gasteiger partial charge in [-0.2, -0.15) is 0 Å². The average Bonchev–Trinajstić information content (AvgIpc) is 2.33. The SMILES string of the molecule is Cc1ccc([NH+]=C(N)c2ccccc2)cc1. The van der Waals surface area contributed by atoms with Gasteiger partial charge in [-0.25, -0.2) is 4.99 Å². The molecule has 2 nitrogen and oxygen atoms in total. The summed E-state index contributed by atoms with van der Waals surface area (Å²) in [5, 5.41) is 0. The van der Waals surface area contributed by atoms with Crippen molar-refractivity contribution in [3.63, 3.8) is 0 Å². The zero-order valence-corrected chi connectivity index (χ0v) is 9.27. The van der Waals surface area contributed by atoms with Crippen LogP contribution in [0.4, 0.5) is 5.69 Å². The highest BCUT2D eigenvalue weighted by molar-refractivity contribution is 5.93. The topological polar surface area (TPSA) is 40.0 Å². The normalized spacial score (nSPS) is 11.4. The number of hydrogen-bond acceptors (Lipinski definition) is 0. The molecule has 0 saturated carbocycles. The van der Waals surface area contributed by atoms with Gasteiger partial charge in [-0.15, -0.1) is 0 Å². The van der Waals surface area contributed by atoms with Crippen molar-refractivity contribution in [3.8, 4) is 0 Å². The van der Waals surface area contributed by atoms with Crippen molar-refractivity contribution in [2.45, 2.75) is 6.92 Å². The molecule has 2 aromatic carbocycles. The molecule has 3 N–H and O–H groups in total. The fraction of sp³-hybridized carbons (Fsp3) is 0.0714. The van der Waals surface area contributed by atoms with Gasteiger partial charge >= 0.3 is 0 Å². The predicted octanol–water partition coefficient (Wildman–Crippen LogP) is 1.11. The third-order valence-electron chi connectivity index (χ3n) is 2.42. The van der Waals surface area contributed by atoms with E-state index in [0.717, 1.165) is 11.3 Å². The molecule has 0 heterocycles. The Balaban J connectivity index is 2.28. The first-order valence-corrected chi connectivity index (χ1v) is 5.27. The molecule has 0 aliphatic carbocycles. The molecule has 0 bridgehead atoms. The molecule has 0 spiro atoms. The van der Waals surface area contributed by atoms with Crippen LogP contribution in [-0.2, 0) is 0 Å². The summed E-state index contributed by atoms with van der Waals surface area (Å²) in [6.07, 6.45) is 0. The van der Waals surface area contributed by atoms with Gasteiger partial charge < -0.3 is 0 Å². The summed E-state index contributed by atoms with van der Waals surface area (Å²) in [7, 11) is 0. The average molecular weight is 211 g/mol. The fourth-order valence-corrected chi connectivity index (χ4v) is 1.48. The Hall–Kier alpha value is -2.09. The first-order valence-electron chi connectivity index (χ1n) is 5.27. The summed E-state index contributed by atoms with van der Waals surface area (Å²) < 4.78 is 0. The molecule has 0 saturated heterocycles. The Bertz CT molecular complexity index is 484. The minimum Gasteiger partial charge on any atom is -0.287 e. The lowest BCUT2D eigenvalue weighted by molar-refractivity contribution is -0.354. The molecule has 2 rings (SSSR count). The predicted molar refractivity (Wildman–Crippen MR) is 66.5 cm³/mol. The minimum absolute atomic E-state index is 0.671. The number of nitrogens with two attached hydrogens (primary N) is 1. The molecule has 0 unspecified atom stereocenters. The van der Waals surface area contributed by atoms with Crippen LogP contribution in [0.3, 0.4) is 0 Å². The molecule has 80 valence electrons. The van der Waals surface area contributed by atoms with Crippen LogP contribution in [0.15, 0.2) is 54.6 Å². The van der Waals surface area contributed by atoms with Crippen LogP contribution in [-0.4, -0.2) is 5.84 Å². The van der Waals surface area contributed by atoms with Gasteiger partial charge in [-0.3, -0.25) is 5.73 Å². The highest BCUT2D eigenvalue weighted by atomic mass is 14.9. The number of amidine groups is 1. The maximum absolute atomic E-state index is 5.97. The maximum atomic E-state index is 5.97. The number of rotatable bonds is 2. The van der Waals surface area contributed by atoms with Crippen LogP contribution in [0.5, 0.6) is 0 Å². The molecule has 2 heteroatoms. The second kappa shape index (κ2) is 4.62. The van der Waals surface area contributed by atoms with Crippen LogP contribution < -0.4 is 10.7 Å². The summed E-state index contributed by atoms with van der Waals surface area (Å²) in [6, 6.07) is 18.0. The highest BCUT2D eigenvalue weighted by Gasteiger charge is 2.02. The molecule has 0 atom stereocenters. The van der Waals surface area contributed by atoms with E-state index >= 15 is 0 Å². The smallest absolute Gasteiger partial charge is 0.277 e. The maximum Gasteiger partial charge on any atom is 0.277 e. The molecule has 0 aromatic heterocycles. The lowest BCUT2D eigenvalue weighted by Gasteiger charge is -1.96. The molecule has 0 radical (unpaired) electrons. The Morgan fingerprint density at radius 2 is 1.56 bits per heavy atom. The molecule has 0 amide bonds. The molecule has 16 heavy (non-hydrogen) atoms. The van der Waals surface area contributed by atoms with Crippen LogP contribution in [0.1, 0.15) is 11.1 Å². The van der Waals surface area contributed by atoms with Gasteiger partial charge in [0.1, 0.15) is 5.69 Å². The van der Waals surface area contributed by atoms with Crippen LogP contribution >= 0.6 is 0 Å². The van der Waals surface area contributed by atoms with Gasteiger partial charge in [0.05, 0.1) is 5.56 Å². The van der Waals surface area contributed by atoms with E-state index in [1.54, 1.807) is 0 Å². The number of benzene rings is 2. The van der Waals surface area contributed by atoms with Gasteiger partial charge in [0.2, 0.25) is 0 Å². The first-order chi connectivity index (χ1) is 7.75. The van der Waals surface area contributed by atoms with Crippen molar-refractivity contribution in [3.05, 3.63) is 65.7 Å². The Kier molecular flexibility index (Phi) is 3.01. The summed E-state index contributed by atoms with van der Waals surface area (Å²) in [6.45, 7) is 2.06. The second-order valence-electron chi connectivity index (χ2n) is 3.77. The zero-order chi connectivity index (χ0) is 11.4. The fourth-order valence-electron chi connectivity index (χ4n) is 1.48. The van der Waals surface area contributed by atoms with Crippen molar-refractivity contribution < 1.29 is 4.99 Å². The number of nitrogens with one attached hydrogen (secondary N) is 1. The molecule has 0 aliphatic heterocycles. The van der Waals surface area contributed by atoms with Gasteiger partial charge in [0.25, 0.3) is 5.84 Å². The van der Waals surface area contributed by atoms with Gasteiger partial charge in [0.15, 0.2) is 0 Å². The number of nitrogen functional groups attached to an aromatic ring is 1. The van der Waals surface area contributed by atoms with Crippen molar-refractivity contribution in [1.82, 2.24) is 0 Å². The lowest BCUT2D eigenvalue weighted by atomic mass is 10.2. The third-order valence-corrected chi connectivity index (χ3v) is 2.42. The Morgan fingerprint density at radius 1 is 0.938 bits per heavy atom. The van der Waals surface area contributed by atoms with E-state index in [-0.39, 0.29) is 0 Å². The van der Waals surface area contributed by atoms with Crippen molar-refractivity contribution >= 4 is 11.5 Å². The summed E-state index contributed by atoms with van der Waals surface area (Å²) in [5.41, 5.74) is 9.22. The van der Waals surface area contributed by atoms with E-state index in [2.05, 4.69) is 24.0 Å². The van der Waals surface area contributed by atoms with E-state index in [9.17, 15) is 0 Å². The van der Waals surface area contributed by atoms with Crippen molar-refractivity contribution in [1.29, 1.82) is 0 Å². The summed E-state index contributed by atoms with van der Waals surface area (Å²) >= 11 is 0. The van der Waals surface area contributed by atoms with E-state index in [0.29, 0.717) is 5.84 Å². The standard InChI is InChI=1S/C14H14N2/c1-11-7-9-13(10-8-11)16-14(15)12-5-3-2-4-6-12/h2-10H,1H3,(H2,15,16)/p+1. The molecule has 0 aliphatic rings. The molecular formula is C14H15N2+. The largest absolute Gasteiger partial charge is 0.287 e. The summed E-state index contributed by atoms with van der Waals surface area (Å²) in [5.74, 6) is 0.671. The number of aryl methyl sites for hydroxylation is 1.